The molecule has 230 valence electrons. The van der Waals surface area contributed by atoms with Crippen LogP contribution in [0.4, 0.5) is 13.2 Å². The Labute approximate surface area is 252 Å². The number of rotatable bonds is 5. The number of alkyl halides is 3. The van der Waals surface area contributed by atoms with E-state index in [1.54, 1.807) is 13.2 Å². The summed E-state index contributed by atoms with van der Waals surface area (Å²) in [5, 5.41) is 22.6. The van der Waals surface area contributed by atoms with E-state index < -0.39 is 22.8 Å². The molecule has 0 aliphatic heterocycles. The summed E-state index contributed by atoms with van der Waals surface area (Å²) in [5.74, 6) is 6.78. The molecule has 0 heterocycles. The fourth-order valence-electron chi connectivity index (χ4n) is 7.00. The monoisotopic (exact) mass is 594 g/mol. The average Bonchev–Trinajstić information content (AvgIpc) is 3.27. The summed E-state index contributed by atoms with van der Waals surface area (Å²) in [7, 11) is 1.63. The van der Waals surface area contributed by atoms with Gasteiger partial charge in [-0.1, -0.05) is 50.3 Å². The number of carbonyl (C=O) groups is 1. The maximum atomic E-state index is 13.0. The van der Waals surface area contributed by atoms with Gasteiger partial charge in [-0.3, -0.25) is 4.79 Å². The fraction of sp³-hybridized carbons (Fsp3) is 0.472. The Hall–Kier alpha value is -3.34. The minimum Gasteiger partial charge on any atom is -0.497 e. The van der Waals surface area contributed by atoms with Crippen LogP contribution in [-0.4, -0.2) is 35.3 Å². The summed E-state index contributed by atoms with van der Waals surface area (Å²) < 4.78 is 44.2. The molecule has 0 saturated heterocycles. The van der Waals surface area contributed by atoms with Crippen molar-refractivity contribution in [1.29, 1.82) is 0 Å². The Morgan fingerprint density at radius 3 is 2.28 bits per heavy atom. The van der Waals surface area contributed by atoms with Crippen molar-refractivity contribution in [2.24, 2.45) is 17.3 Å². The number of aliphatic hydroxyl groups excluding tert-OH is 1. The molecule has 2 aromatic carbocycles. The normalized spacial score (nSPS) is 26.9. The first kappa shape index (κ1) is 32.6. The van der Waals surface area contributed by atoms with Gasteiger partial charge in [0.05, 0.1) is 19.3 Å². The standard InChI is InChI=1S/C34H35F3O4.C2H6/c1-32(21-38)31(16-18-33(32,40)17-15-22-3-8-25(9-4-22)34(35,36)37)29-13-7-24-20-26(39)10-14-28(24)30(29)19-23-5-11-27(41-2)12-6-23;1-2/h3-6,8-9,11-12,20,29,31,38,40H,7,10,13-14,16,18-19,21H2,1-2H3;1-2H3/t29?,31?,32-,33-;/m0./s1. The molecule has 2 N–H and O–H groups in total. The molecule has 3 aliphatic carbocycles. The number of methoxy groups -OCH3 is 1. The van der Waals surface area contributed by atoms with E-state index in [-0.39, 0.29) is 24.2 Å². The summed E-state index contributed by atoms with van der Waals surface area (Å²) in [6.45, 7) is 5.59. The number of hydrogen-bond donors (Lipinski definition) is 2. The second-order valence-electron chi connectivity index (χ2n) is 11.7. The van der Waals surface area contributed by atoms with Gasteiger partial charge >= 0.3 is 6.18 Å². The van der Waals surface area contributed by atoms with Crippen LogP contribution in [0.2, 0.25) is 0 Å². The molecule has 1 fully saturated rings. The van der Waals surface area contributed by atoms with Crippen LogP contribution >= 0.6 is 0 Å². The molecule has 0 amide bonds. The van der Waals surface area contributed by atoms with E-state index in [1.807, 2.05) is 45.0 Å². The topological polar surface area (TPSA) is 66.8 Å². The van der Waals surface area contributed by atoms with Gasteiger partial charge in [0.1, 0.15) is 11.4 Å². The van der Waals surface area contributed by atoms with Gasteiger partial charge < -0.3 is 14.9 Å². The Morgan fingerprint density at radius 1 is 1.00 bits per heavy atom. The highest BCUT2D eigenvalue weighted by Crippen LogP contribution is 2.57. The highest BCUT2D eigenvalue weighted by molar-refractivity contribution is 5.93. The van der Waals surface area contributed by atoms with Gasteiger partial charge in [-0.25, -0.2) is 0 Å². The lowest BCUT2D eigenvalue weighted by Crippen LogP contribution is -2.49. The SMILES string of the molecule is CC.COc1ccc(CC2=C3CCC(=O)C=C3CCC2C2CC[C@@](O)(C#Cc3ccc(C(F)(F)F)cc3)[C@@]2(C)CO)cc1. The minimum atomic E-state index is -4.43. The smallest absolute Gasteiger partial charge is 0.416 e. The highest BCUT2D eigenvalue weighted by atomic mass is 19.4. The highest BCUT2D eigenvalue weighted by Gasteiger charge is 2.58. The van der Waals surface area contributed by atoms with E-state index >= 15 is 0 Å². The molecule has 3 aliphatic rings. The predicted octanol–water partition coefficient (Wildman–Crippen LogP) is 7.47. The molecule has 0 radical (unpaired) electrons. The number of hydrogen-bond acceptors (Lipinski definition) is 4. The molecule has 0 spiro atoms. The zero-order chi connectivity index (χ0) is 31.4. The number of ketones is 1. The van der Waals surface area contributed by atoms with Gasteiger partial charge in [-0.05, 0) is 110 Å². The van der Waals surface area contributed by atoms with Crippen molar-refractivity contribution >= 4 is 5.78 Å². The van der Waals surface area contributed by atoms with Crippen molar-refractivity contribution < 1.29 is 32.9 Å². The van der Waals surface area contributed by atoms with Crippen LogP contribution in [0.15, 0.2) is 71.3 Å². The molecule has 0 bridgehead atoms. The predicted molar refractivity (Wildman–Crippen MR) is 161 cm³/mol. The van der Waals surface area contributed by atoms with Crippen LogP contribution in [-0.2, 0) is 17.4 Å². The van der Waals surface area contributed by atoms with Gasteiger partial charge in [-0.15, -0.1) is 0 Å². The van der Waals surface area contributed by atoms with E-state index in [0.717, 1.165) is 41.9 Å². The van der Waals surface area contributed by atoms with Crippen LogP contribution in [0.25, 0.3) is 0 Å². The number of fused-ring (bicyclic) bond motifs is 1. The van der Waals surface area contributed by atoms with Crippen LogP contribution in [0, 0.1) is 29.1 Å². The quantitative estimate of drug-likeness (QED) is 0.353. The number of halogens is 3. The second-order valence-corrected chi connectivity index (χ2v) is 11.7. The molecular weight excluding hydrogens is 553 g/mol. The van der Waals surface area contributed by atoms with Crippen LogP contribution in [0.3, 0.4) is 0 Å². The maximum Gasteiger partial charge on any atom is 0.416 e. The Bertz CT molecular complexity index is 1430. The van der Waals surface area contributed by atoms with Crippen molar-refractivity contribution in [2.75, 3.05) is 13.7 Å². The van der Waals surface area contributed by atoms with E-state index in [2.05, 4.69) is 11.8 Å². The molecule has 0 aromatic heterocycles. The molecule has 5 rings (SSSR count). The average molecular weight is 595 g/mol. The summed E-state index contributed by atoms with van der Waals surface area (Å²) in [6.07, 6.45) is 1.79. The van der Waals surface area contributed by atoms with Gasteiger partial charge in [0.15, 0.2) is 5.78 Å². The van der Waals surface area contributed by atoms with Gasteiger partial charge in [0, 0.05) is 17.4 Å². The summed E-state index contributed by atoms with van der Waals surface area (Å²) in [5.41, 5.74) is 1.86. The molecule has 4 nitrogen and oxygen atoms in total. The first-order valence-corrected chi connectivity index (χ1v) is 15.1. The second kappa shape index (κ2) is 13.1. The lowest BCUT2D eigenvalue weighted by Gasteiger charge is -2.45. The number of ether oxygens (including phenoxy) is 1. The van der Waals surface area contributed by atoms with Crippen molar-refractivity contribution in [3.05, 3.63) is 88.0 Å². The van der Waals surface area contributed by atoms with E-state index in [1.165, 1.54) is 23.3 Å². The third kappa shape index (κ3) is 6.61. The van der Waals surface area contributed by atoms with Crippen LogP contribution < -0.4 is 4.74 Å². The third-order valence-corrected chi connectivity index (χ3v) is 9.48. The minimum absolute atomic E-state index is 0.0701. The molecular formula is C36H41F3O4. The van der Waals surface area contributed by atoms with Gasteiger partial charge in [0.25, 0.3) is 0 Å². The molecule has 2 aromatic rings. The number of carbonyl (C=O) groups excluding carboxylic acids is 1. The summed E-state index contributed by atoms with van der Waals surface area (Å²) in [4.78, 5) is 12.2. The fourth-order valence-corrected chi connectivity index (χ4v) is 7.00. The first-order chi connectivity index (χ1) is 20.5. The molecule has 43 heavy (non-hydrogen) atoms. The van der Waals surface area contributed by atoms with Crippen LogP contribution in [0.5, 0.6) is 5.75 Å². The maximum absolute atomic E-state index is 13.0. The molecule has 1 saturated carbocycles. The van der Waals surface area contributed by atoms with Crippen LogP contribution in [0.1, 0.15) is 76.0 Å². The first-order valence-electron chi connectivity index (χ1n) is 15.1. The zero-order valence-electron chi connectivity index (χ0n) is 25.4. The Balaban J connectivity index is 0.00000207. The number of benzene rings is 2. The zero-order valence-corrected chi connectivity index (χ0v) is 25.4. The number of allylic oxidation sites excluding steroid dienone is 4. The van der Waals surface area contributed by atoms with Crippen molar-refractivity contribution in [2.45, 2.75) is 77.5 Å². The summed E-state index contributed by atoms with van der Waals surface area (Å²) >= 11 is 0. The number of aliphatic hydroxyl groups is 2. The Kier molecular flexibility index (Phi) is 9.93. The van der Waals surface area contributed by atoms with Crippen molar-refractivity contribution in [1.82, 2.24) is 0 Å². The van der Waals surface area contributed by atoms with Gasteiger partial charge in [-0.2, -0.15) is 13.2 Å². The lowest BCUT2D eigenvalue weighted by atomic mass is 9.61. The van der Waals surface area contributed by atoms with E-state index in [0.29, 0.717) is 37.7 Å². The van der Waals surface area contributed by atoms with E-state index in [9.17, 15) is 28.2 Å². The third-order valence-electron chi connectivity index (χ3n) is 9.48. The van der Waals surface area contributed by atoms with Crippen molar-refractivity contribution in [3.8, 4) is 17.6 Å². The molecule has 4 atom stereocenters. The lowest BCUT2D eigenvalue weighted by molar-refractivity contribution is -0.137. The Morgan fingerprint density at radius 2 is 1.67 bits per heavy atom. The largest absolute Gasteiger partial charge is 0.497 e. The van der Waals surface area contributed by atoms with Gasteiger partial charge in [0.2, 0.25) is 0 Å². The molecule has 7 heteroatoms. The summed E-state index contributed by atoms with van der Waals surface area (Å²) in [6, 6.07) is 12.5. The van der Waals surface area contributed by atoms with Crippen molar-refractivity contribution in [3.63, 3.8) is 0 Å². The molecule has 2 unspecified atom stereocenters. The van der Waals surface area contributed by atoms with E-state index in [4.69, 9.17) is 4.74 Å².